The predicted octanol–water partition coefficient (Wildman–Crippen LogP) is 2.39. The first-order valence-corrected chi connectivity index (χ1v) is 8.59. The minimum absolute atomic E-state index is 0.227. The van der Waals surface area contributed by atoms with Gasteiger partial charge in [0.1, 0.15) is 5.01 Å². The second-order valence-corrected chi connectivity index (χ2v) is 6.77. The average Bonchev–Trinajstić information content (AvgIpc) is 2.87. The molecule has 0 unspecified atom stereocenters. The Labute approximate surface area is 117 Å². The van der Waals surface area contributed by atoms with Gasteiger partial charge in [-0.2, -0.15) is 0 Å². The molecule has 1 aromatic heterocycles. The third-order valence-corrected chi connectivity index (χ3v) is 5.32. The first-order chi connectivity index (χ1) is 8.83. The Bertz CT molecular complexity index is 353. The van der Waals surface area contributed by atoms with Crippen LogP contribution in [0, 0.1) is 0 Å². The molecule has 0 saturated heterocycles. The van der Waals surface area contributed by atoms with Crippen molar-refractivity contribution in [3.63, 3.8) is 0 Å². The summed E-state index contributed by atoms with van der Waals surface area (Å²) in [6.45, 7) is 1.81. The molecule has 1 aliphatic rings. The zero-order valence-corrected chi connectivity index (χ0v) is 12.5. The van der Waals surface area contributed by atoms with Crippen LogP contribution in [0.15, 0.2) is 4.34 Å². The summed E-state index contributed by atoms with van der Waals surface area (Å²) in [5.74, 6) is 0. The highest BCUT2D eigenvalue weighted by atomic mass is 32.2. The van der Waals surface area contributed by atoms with Crippen molar-refractivity contribution in [1.29, 1.82) is 0 Å². The van der Waals surface area contributed by atoms with Gasteiger partial charge in [0.05, 0.1) is 13.2 Å². The Kier molecular flexibility index (Phi) is 5.88. The Hall–Kier alpha value is -0.170. The molecule has 0 aliphatic heterocycles. The Morgan fingerprint density at radius 3 is 2.72 bits per heavy atom. The molecular weight excluding hydrogens is 266 g/mol. The van der Waals surface area contributed by atoms with Gasteiger partial charge in [0.15, 0.2) is 4.34 Å². The summed E-state index contributed by atoms with van der Waals surface area (Å²) in [6.07, 6.45) is 8.54. The Morgan fingerprint density at radius 2 is 2.11 bits per heavy atom. The minimum atomic E-state index is 0.227. The summed E-state index contributed by atoms with van der Waals surface area (Å²) in [5.41, 5.74) is 0. The van der Waals surface area contributed by atoms with Crippen LogP contribution >= 0.6 is 23.1 Å². The van der Waals surface area contributed by atoms with Crippen LogP contribution in [0.1, 0.15) is 37.1 Å². The van der Waals surface area contributed by atoms with Crippen LogP contribution in [0.3, 0.4) is 0 Å². The maximum Gasteiger partial charge on any atom is 0.174 e. The standard InChI is InChI=1S/C12H21N3OS2/c1-17-12-14-13-11(18-12)9-15(7-8-16)10-5-3-2-4-6-10/h10,16H,2-9H2,1H3. The molecule has 1 aliphatic carbocycles. The minimum Gasteiger partial charge on any atom is -0.395 e. The summed E-state index contributed by atoms with van der Waals surface area (Å²) in [4.78, 5) is 2.38. The molecule has 0 bridgehead atoms. The van der Waals surface area contributed by atoms with Gasteiger partial charge in [-0.1, -0.05) is 42.4 Å². The largest absolute Gasteiger partial charge is 0.395 e. The Morgan fingerprint density at radius 1 is 1.33 bits per heavy atom. The normalized spacial score (nSPS) is 17.5. The van der Waals surface area contributed by atoms with E-state index in [0.717, 1.165) is 22.4 Å². The van der Waals surface area contributed by atoms with Crippen molar-refractivity contribution in [3.8, 4) is 0 Å². The molecule has 1 N–H and O–H groups in total. The topological polar surface area (TPSA) is 49.2 Å². The van der Waals surface area contributed by atoms with Gasteiger partial charge in [0.2, 0.25) is 0 Å². The van der Waals surface area contributed by atoms with Crippen molar-refractivity contribution in [3.05, 3.63) is 5.01 Å². The van der Waals surface area contributed by atoms with E-state index in [0.29, 0.717) is 6.04 Å². The van der Waals surface area contributed by atoms with Gasteiger partial charge in [0, 0.05) is 12.6 Å². The first kappa shape index (κ1) is 14.2. The van der Waals surface area contributed by atoms with Gasteiger partial charge in [-0.3, -0.25) is 4.90 Å². The smallest absolute Gasteiger partial charge is 0.174 e. The number of aromatic nitrogens is 2. The highest BCUT2D eigenvalue weighted by Crippen LogP contribution is 2.26. The number of thioether (sulfide) groups is 1. The molecule has 0 atom stereocenters. The molecule has 1 saturated carbocycles. The van der Waals surface area contributed by atoms with Crippen LogP contribution in [0.5, 0.6) is 0 Å². The summed E-state index contributed by atoms with van der Waals surface area (Å²) < 4.78 is 1.03. The average molecular weight is 287 g/mol. The summed E-state index contributed by atoms with van der Waals surface area (Å²) >= 11 is 3.31. The first-order valence-electron chi connectivity index (χ1n) is 6.54. The van der Waals surface area contributed by atoms with Crippen molar-refractivity contribution >= 4 is 23.1 Å². The van der Waals surface area contributed by atoms with Crippen LogP contribution in [0.4, 0.5) is 0 Å². The lowest BCUT2D eigenvalue weighted by Gasteiger charge is -2.33. The SMILES string of the molecule is CSc1nnc(CN(CCO)C2CCCCC2)s1. The van der Waals surface area contributed by atoms with Gasteiger partial charge in [-0.15, -0.1) is 10.2 Å². The molecule has 102 valence electrons. The molecule has 4 nitrogen and oxygen atoms in total. The van der Waals surface area contributed by atoms with Crippen LogP contribution in [0.2, 0.25) is 0 Å². The number of hydrogen-bond acceptors (Lipinski definition) is 6. The molecule has 0 radical (unpaired) electrons. The maximum absolute atomic E-state index is 9.22. The predicted molar refractivity (Wildman–Crippen MR) is 76.1 cm³/mol. The molecule has 1 fully saturated rings. The fourth-order valence-electron chi connectivity index (χ4n) is 2.52. The number of aliphatic hydroxyl groups is 1. The third-order valence-electron chi connectivity index (χ3n) is 3.44. The van der Waals surface area contributed by atoms with Crippen LogP contribution in [-0.2, 0) is 6.54 Å². The summed E-state index contributed by atoms with van der Waals surface area (Å²) in [5, 5.41) is 18.6. The molecule has 18 heavy (non-hydrogen) atoms. The number of aliphatic hydroxyl groups excluding tert-OH is 1. The van der Waals surface area contributed by atoms with Crippen molar-refractivity contribution in [1.82, 2.24) is 15.1 Å². The molecule has 2 rings (SSSR count). The zero-order chi connectivity index (χ0) is 12.8. The van der Waals surface area contributed by atoms with E-state index in [1.807, 2.05) is 6.26 Å². The summed E-state index contributed by atoms with van der Waals surface area (Å²) in [6, 6.07) is 0.618. The lowest BCUT2D eigenvalue weighted by molar-refractivity contribution is 0.117. The molecule has 1 aromatic rings. The maximum atomic E-state index is 9.22. The van der Waals surface area contributed by atoms with Gasteiger partial charge in [-0.25, -0.2) is 0 Å². The number of rotatable bonds is 6. The Balaban J connectivity index is 1.95. The van der Waals surface area contributed by atoms with E-state index >= 15 is 0 Å². The quantitative estimate of drug-likeness (QED) is 0.814. The van der Waals surface area contributed by atoms with E-state index in [9.17, 15) is 5.11 Å². The van der Waals surface area contributed by atoms with Crippen LogP contribution in [-0.4, -0.2) is 45.7 Å². The van der Waals surface area contributed by atoms with Gasteiger partial charge in [0.25, 0.3) is 0 Å². The van der Waals surface area contributed by atoms with E-state index in [-0.39, 0.29) is 6.61 Å². The van der Waals surface area contributed by atoms with Gasteiger partial charge < -0.3 is 5.11 Å². The van der Waals surface area contributed by atoms with Crippen molar-refractivity contribution in [2.45, 2.75) is 49.0 Å². The molecule has 1 heterocycles. The number of hydrogen-bond donors (Lipinski definition) is 1. The van der Waals surface area contributed by atoms with E-state index in [1.54, 1.807) is 23.1 Å². The van der Waals surface area contributed by atoms with Crippen molar-refractivity contribution in [2.24, 2.45) is 0 Å². The molecule has 0 aromatic carbocycles. The van der Waals surface area contributed by atoms with Gasteiger partial charge >= 0.3 is 0 Å². The van der Waals surface area contributed by atoms with E-state index in [4.69, 9.17) is 0 Å². The van der Waals surface area contributed by atoms with E-state index < -0.39 is 0 Å². The van der Waals surface area contributed by atoms with Crippen LogP contribution in [0.25, 0.3) is 0 Å². The molecule has 6 heteroatoms. The summed E-state index contributed by atoms with van der Waals surface area (Å²) in [7, 11) is 0. The molecule has 0 spiro atoms. The lowest BCUT2D eigenvalue weighted by atomic mass is 9.94. The fourth-order valence-corrected chi connectivity index (χ4v) is 3.86. The lowest BCUT2D eigenvalue weighted by Crippen LogP contribution is -2.38. The fraction of sp³-hybridized carbons (Fsp3) is 0.833. The molecular formula is C12H21N3OS2. The molecule has 0 amide bonds. The van der Waals surface area contributed by atoms with E-state index in [2.05, 4.69) is 15.1 Å². The second-order valence-electron chi connectivity index (χ2n) is 4.65. The van der Waals surface area contributed by atoms with E-state index in [1.165, 1.54) is 32.1 Å². The monoisotopic (exact) mass is 287 g/mol. The second kappa shape index (κ2) is 7.43. The number of nitrogens with zero attached hydrogens (tertiary/aromatic N) is 3. The highest BCUT2D eigenvalue weighted by molar-refractivity contribution is 8.00. The zero-order valence-electron chi connectivity index (χ0n) is 10.8. The van der Waals surface area contributed by atoms with Gasteiger partial charge in [-0.05, 0) is 19.1 Å². The van der Waals surface area contributed by atoms with Crippen LogP contribution < -0.4 is 0 Å². The van der Waals surface area contributed by atoms with Crippen molar-refractivity contribution in [2.75, 3.05) is 19.4 Å². The third kappa shape index (κ3) is 3.91. The highest BCUT2D eigenvalue weighted by Gasteiger charge is 2.21. The van der Waals surface area contributed by atoms with Crippen molar-refractivity contribution < 1.29 is 5.11 Å².